The molecule has 1 aliphatic heterocycles. The lowest BCUT2D eigenvalue weighted by Crippen LogP contribution is -2.50. The number of piperidine rings is 1. The number of nitrogens with one attached hydrogen (secondary N) is 4. The van der Waals surface area contributed by atoms with E-state index in [0.29, 0.717) is 47.0 Å². The number of methoxy groups -OCH3 is 1. The number of carbonyl (C=O) groups is 3. The molecule has 2 aromatic rings. The van der Waals surface area contributed by atoms with E-state index in [1.165, 1.54) is 7.11 Å². The van der Waals surface area contributed by atoms with Crippen LogP contribution >= 0.6 is 11.6 Å². The van der Waals surface area contributed by atoms with E-state index in [-0.39, 0.29) is 23.9 Å². The standard InChI is InChI=1S/C24H28ClN5O4/c1-34-17-9-15-10-20(29-21(15)18(25)11-17)24(33)30-19(7-13-4-5-13)23(32)28-16(12-26)8-14-3-2-6-27-22(14)31/h9-11,13-14,16,19,29H,2-8H2,1H3,(H,27,31)(H,28,32)(H,30,33). The number of H-pyrrole nitrogens is 1. The van der Waals surface area contributed by atoms with Crippen LogP contribution in [-0.2, 0) is 9.59 Å². The Bertz CT molecular complexity index is 1140. The third-order valence-electron chi connectivity index (χ3n) is 6.41. The zero-order valence-corrected chi connectivity index (χ0v) is 19.7. The first-order valence-electron chi connectivity index (χ1n) is 11.5. The van der Waals surface area contributed by atoms with Crippen LogP contribution in [0.1, 0.15) is 49.0 Å². The van der Waals surface area contributed by atoms with Crippen molar-refractivity contribution in [2.45, 2.75) is 50.6 Å². The summed E-state index contributed by atoms with van der Waals surface area (Å²) in [6, 6.07) is 5.57. The van der Waals surface area contributed by atoms with Gasteiger partial charge >= 0.3 is 0 Å². The molecule has 0 bridgehead atoms. The van der Waals surface area contributed by atoms with Gasteiger partial charge in [-0.1, -0.05) is 24.4 Å². The lowest BCUT2D eigenvalue weighted by atomic mass is 9.92. The maximum Gasteiger partial charge on any atom is 0.268 e. The summed E-state index contributed by atoms with van der Waals surface area (Å²) in [7, 11) is 1.54. The molecule has 3 atom stereocenters. The predicted molar refractivity (Wildman–Crippen MR) is 126 cm³/mol. The minimum atomic E-state index is -0.806. The van der Waals surface area contributed by atoms with Crippen LogP contribution in [0.15, 0.2) is 18.2 Å². The molecule has 0 radical (unpaired) electrons. The molecule has 3 unspecified atom stereocenters. The zero-order valence-electron chi connectivity index (χ0n) is 18.9. The van der Waals surface area contributed by atoms with Crippen LogP contribution in [0, 0.1) is 23.2 Å². The molecule has 2 fully saturated rings. The minimum Gasteiger partial charge on any atom is -0.497 e. The number of halogens is 1. The van der Waals surface area contributed by atoms with E-state index >= 15 is 0 Å². The average molecular weight is 486 g/mol. The molecule has 0 spiro atoms. The molecule has 9 nitrogen and oxygen atoms in total. The lowest BCUT2D eigenvalue weighted by Gasteiger charge is -2.25. The molecule has 3 amide bonds. The Morgan fingerprint density at radius 1 is 1.24 bits per heavy atom. The highest BCUT2D eigenvalue weighted by atomic mass is 35.5. The molecule has 180 valence electrons. The summed E-state index contributed by atoms with van der Waals surface area (Å²) in [6.07, 6.45) is 4.30. The van der Waals surface area contributed by atoms with Crippen LogP contribution < -0.4 is 20.7 Å². The third-order valence-corrected chi connectivity index (χ3v) is 6.71. The summed E-state index contributed by atoms with van der Waals surface area (Å²) in [5, 5.41) is 19.0. The van der Waals surface area contributed by atoms with E-state index in [0.717, 1.165) is 19.3 Å². The van der Waals surface area contributed by atoms with Crippen molar-refractivity contribution in [1.82, 2.24) is 20.9 Å². The lowest BCUT2D eigenvalue weighted by molar-refractivity contribution is -0.128. The Morgan fingerprint density at radius 3 is 2.71 bits per heavy atom. The first-order chi connectivity index (χ1) is 16.4. The van der Waals surface area contributed by atoms with Crippen molar-refractivity contribution in [1.29, 1.82) is 5.26 Å². The van der Waals surface area contributed by atoms with E-state index in [4.69, 9.17) is 16.3 Å². The van der Waals surface area contributed by atoms with Crippen LogP contribution in [0.5, 0.6) is 5.75 Å². The number of aromatic amines is 1. The smallest absolute Gasteiger partial charge is 0.268 e. The summed E-state index contributed by atoms with van der Waals surface area (Å²) in [6.45, 7) is 0.639. The predicted octanol–water partition coefficient (Wildman–Crippen LogP) is 2.65. The number of rotatable bonds is 9. The van der Waals surface area contributed by atoms with E-state index in [9.17, 15) is 19.6 Å². The van der Waals surface area contributed by atoms with Gasteiger partial charge in [-0.2, -0.15) is 5.26 Å². The number of hydrogen-bond acceptors (Lipinski definition) is 5. The Labute approximate surface area is 202 Å². The fourth-order valence-electron chi connectivity index (χ4n) is 4.33. The summed E-state index contributed by atoms with van der Waals surface area (Å²) < 4.78 is 5.22. The highest BCUT2D eigenvalue weighted by Crippen LogP contribution is 2.34. The highest BCUT2D eigenvalue weighted by Gasteiger charge is 2.33. The molecule has 1 aliphatic carbocycles. The highest BCUT2D eigenvalue weighted by molar-refractivity contribution is 6.35. The summed E-state index contributed by atoms with van der Waals surface area (Å²) in [5.74, 6) is -0.308. The van der Waals surface area contributed by atoms with Gasteiger partial charge in [0.1, 0.15) is 23.5 Å². The number of fused-ring (bicyclic) bond motifs is 1. The van der Waals surface area contributed by atoms with Gasteiger partial charge in [0.2, 0.25) is 11.8 Å². The van der Waals surface area contributed by atoms with Crippen LogP contribution in [0.25, 0.3) is 10.9 Å². The van der Waals surface area contributed by atoms with Crippen molar-refractivity contribution < 1.29 is 19.1 Å². The van der Waals surface area contributed by atoms with Crippen LogP contribution in [0.4, 0.5) is 0 Å². The fraction of sp³-hybridized carbons (Fsp3) is 0.500. The van der Waals surface area contributed by atoms with Crippen molar-refractivity contribution in [3.63, 3.8) is 0 Å². The molecule has 1 saturated carbocycles. The fourth-order valence-corrected chi connectivity index (χ4v) is 4.59. The van der Waals surface area contributed by atoms with E-state index in [1.54, 1.807) is 18.2 Å². The molecule has 1 saturated heterocycles. The number of carbonyl (C=O) groups excluding carboxylic acids is 3. The monoisotopic (exact) mass is 485 g/mol. The Hall–Kier alpha value is -3.25. The van der Waals surface area contributed by atoms with Gasteiger partial charge in [-0.3, -0.25) is 14.4 Å². The molecular formula is C24H28ClN5O4. The molecule has 4 N–H and O–H groups in total. The van der Waals surface area contributed by atoms with Gasteiger partial charge in [-0.15, -0.1) is 0 Å². The van der Waals surface area contributed by atoms with Crippen molar-refractivity contribution in [3.05, 3.63) is 28.9 Å². The second-order valence-electron chi connectivity index (χ2n) is 9.02. The van der Waals surface area contributed by atoms with Crippen molar-refractivity contribution in [2.75, 3.05) is 13.7 Å². The number of hydrogen-bond donors (Lipinski definition) is 4. The first-order valence-corrected chi connectivity index (χ1v) is 11.9. The van der Waals surface area contributed by atoms with Gasteiger partial charge < -0.3 is 25.7 Å². The van der Waals surface area contributed by atoms with Gasteiger partial charge in [0.25, 0.3) is 5.91 Å². The number of aromatic nitrogens is 1. The van der Waals surface area contributed by atoms with Crippen molar-refractivity contribution in [2.24, 2.45) is 11.8 Å². The number of nitriles is 1. The quantitative estimate of drug-likeness (QED) is 0.433. The van der Waals surface area contributed by atoms with E-state index < -0.39 is 23.9 Å². The van der Waals surface area contributed by atoms with Gasteiger partial charge in [0.15, 0.2) is 0 Å². The van der Waals surface area contributed by atoms with Crippen LogP contribution in [0.3, 0.4) is 0 Å². The Morgan fingerprint density at radius 2 is 2.03 bits per heavy atom. The van der Waals surface area contributed by atoms with Crippen molar-refractivity contribution >= 4 is 40.2 Å². The second-order valence-corrected chi connectivity index (χ2v) is 9.42. The van der Waals surface area contributed by atoms with Gasteiger partial charge in [0.05, 0.1) is 23.7 Å². The Balaban J connectivity index is 1.44. The molecule has 2 aliphatic rings. The maximum atomic E-state index is 13.1. The molecule has 2 heterocycles. The van der Waals surface area contributed by atoms with Crippen LogP contribution in [0.2, 0.25) is 5.02 Å². The zero-order chi connectivity index (χ0) is 24.2. The third kappa shape index (κ3) is 5.62. The minimum absolute atomic E-state index is 0.0855. The summed E-state index contributed by atoms with van der Waals surface area (Å²) >= 11 is 6.29. The number of amides is 3. The maximum absolute atomic E-state index is 13.1. The molecule has 10 heteroatoms. The van der Waals surface area contributed by atoms with Gasteiger partial charge in [0, 0.05) is 23.9 Å². The van der Waals surface area contributed by atoms with Gasteiger partial charge in [-0.05, 0) is 43.7 Å². The number of benzene rings is 1. The molecule has 34 heavy (non-hydrogen) atoms. The largest absolute Gasteiger partial charge is 0.497 e. The molecular weight excluding hydrogens is 458 g/mol. The topological polar surface area (TPSA) is 136 Å². The average Bonchev–Trinajstić information content (AvgIpc) is 3.53. The number of ether oxygens (including phenoxy) is 1. The second kappa shape index (κ2) is 10.3. The number of nitrogens with zero attached hydrogens (tertiary/aromatic N) is 1. The van der Waals surface area contributed by atoms with Crippen molar-refractivity contribution in [3.8, 4) is 11.8 Å². The molecule has 4 rings (SSSR count). The normalized spacial score (nSPS) is 19.6. The molecule has 1 aromatic carbocycles. The summed E-state index contributed by atoms with van der Waals surface area (Å²) in [4.78, 5) is 41.1. The van der Waals surface area contributed by atoms with Crippen LogP contribution in [-0.4, -0.2) is 48.4 Å². The first kappa shape index (κ1) is 23.9. The van der Waals surface area contributed by atoms with Gasteiger partial charge in [-0.25, -0.2) is 0 Å². The van der Waals surface area contributed by atoms with E-state index in [1.807, 2.05) is 0 Å². The SMILES string of the molecule is COc1cc(Cl)c2[nH]c(C(=O)NC(CC3CC3)C(=O)NC(C#N)CC3CCCNC3=O)cc2c1. The molecule has 1 aromatic heterocycles. The summed E-state index contributed by atoms with van der Waals surface area (Å²) in [5.41, 5.74) is 0.876. The van der Waals surface area contributed by atoms with E-state index in [2.05, 4.69) is 27.0 Å². The Kier molecular flexibility index (Phi) is 7.27.